The highest BCUT2D eigenvalue weighted by Crippen LogP contribution is 2.28. The molecule has 1 unspecified atom stereocenters. The largest absolute Gasteiger partial charge is 0.353 e. The maximum atomic E-state index is 12.9. The van der Waals surface area contributed by atoms with Crippen molar-refractivity contribution in [1.82, 2.24) is 15.1 Å². The van der Waals surface area contributed by atoms with E-state index in [-0.39, 0.29) is 35.2 Å². The van der Waals surface area contributed by atoms with Crippen molar-refractivity contribution in [3.63, 3.8) is 0 Å². The molecular weight excluding hydrogens is 366 g/mol. The van der Waals surface area contributed by atoms with Gasteiger partial charge in [-0.15, -0.1) is 0 Å². The lowest BCUT2D eigenvalue weighted by atomic mass is 10.0. The zero-order valence-electron chi connectivity index (χ0n) is 17.8. The van der Waals surface area contributed by atoms with Gasteiger partial charge < -0.3 is 15.1 Å². The van der Waals surface area contributed by atoms with E-state index < -0.39 is 0 Å². The topological polar surface area (TPSA) is 69.7 Å². The molecule has 2 aliphatic heterocycles. The van der Waals surface area contributed by atoms with E-state index in [2.05, 4.69) is 5.32 Å². The maximum absolute atomic E-state index is 12.9. The van der Waals surface area contributed by atoms with E-state index in [1.807, 2.05) is 60.9 Å². The Bertz CT molecular complexity index is 733. The number of carbonyl (C=O) groups excluding carboxylic acids is 3. The SMILES string of the molecule is CC(C)(C)N1CC(C(=O)N2CCC(NC(=O)CCc3ccccc3)CC2)CC1=O. The van der Waals surface area contributed by atoms with Crippen LogP contribution in [0.5, 0.6) is 0 Å². The third-order valence-corrected chi connectivity index (χ3v) is 5.94. The molecule has 29 heavy (non-hydrogen) atoms. The maximum Gasteiger partial charge on any atom is 0.227 e. The van der Waals surface area contributed by atoms with Crippen LogP contribution in [0.25, 0.3) is 0 Å². The van der Waals surface area contributed by atoms with Gasteiger partial charge in [0.15, 0.2) is 0 Å². The monoisotopic (exact) mass is 399 g/mol. The van der Waals surface area contributed by atoms with Gasteiger partial charge in [-0.3, -0.25) is 14.4 Å². The number of rotatable bonds is 5. The minimum atomic E-state index is -0.247. The summed E-state index contributed by atoms with van der Waals surface area (Å²) in [5.41, 5.74) is 0.918. The van der Waals surface area contributed by atoms with Gasteiger partial charge in [0, 0.05) is 44.1 Å². The van der Waals surface area contributed by atoms with Crippen LogP contribution in [0.2, 0.25) is 0 Å². The summed E-state index contributed by atoms with van der Waals surface area (Å²) >= 11 is 0. The first-order chi connectivity index (χ1) is 13.7. The molecule has 2 saturated heterocycles. The highest BCUT2D eigenvalue weighted by Gasteiger charge is 2.41. The van der Waals surface area contributed by atoms with E-state index in [9.17, 15) is 14.4 Å². The van der Waals surface area contributed by atoms with Crippen LogP contribution in [0.3, 0.4) is 0 Å². The molecule has 0 saturated carbocycles. The molecule has 0 spiro atoms. The van der Waals surface area contributed by atoms with Gasteiger partial charge in [-0.2, -0.15) is 0 Å². The van der Waals surface area contributed by atoms with E-state index in [0.717, 1.165) is 19.3 Å². The van der Waals surface area contributed by atoms with Crippen LogP contribution in [-0.4, -0.2) is 58.7 Å². The summed E-state index contributed by atoms with van der Waals surface area (Å²) in [6.07, 6.45) is 3.07. The molecule has 1 aromatic rings. The molecular formula is C23H33N3O3. The van der Waals surface area contributed by atoms with Gasteiger partial charge in [0.2, 0.25) is 17.7 Å². The van der Waals surface area contributed by atoms with Crippen LogP contribution >= 0.6 is 0 Å². The smallest absolute Gasteiger partial charge is 0.227 e. The number of likely N-dealkylation sites (tertiary alicyclic amines) is 2. The fraction of sp³-hybridized carbons (Fsp3) is 0.609. The molecule has 6 nitrogen and oxygen atoms in total. The Morgan fingerprint density at radius 1 is 1.10 bits per heavy atom. The Morgan fingerprint density at radius 2 is 1.76 bits per heavy atom. The molecule has 0 radical (unpaired) electrons. The molecule has 3 amide bonds. The lowest BCUT2D eigenvalue weighted by Crippen LogP contribution is -2.49. The normalized spacial score (nSPS) is 20.8. The molecule has 2 aliphatic rings. The highest BCUT2D eigenvalue weighted by atomic mass is 16.2. The van der Waals surface area contributed by atoms with Crippen molar-refractivity contribution in [2.75, 3.05) is 19.6 Å². The summed E-state index contributed by atoms with van der Waals surface area (Å²) in [5, 5.41) is 3.11. The molecule has 0 aliphatic carbocycles. The van der Waals surface area contributed by atoms with E-state index in [0.29, 0.717) is 32.5 Å². The van der Waals surface area contributed by atoms with Crippen LogP contribution in [-0.2, 0) is 20.8 Å². The molecule has 158 valence electrons. The number of hydrogen-bond acceptors (Lipinski definition) is 3. The summed E-state index contributed by atoms with van der Waals surface area (Å²) in [6.45, 7) is 7.81. The average molecular weight is 400 g/mol. The Balaban J connectivity index is 1.41. The van der Waals surface area contributed by atoms with Gasteiger partial charge in [-0.1, -0.05) is 30.3 Å². The second-order valence-electron chi connectivity index (χ2n) is 9.23. The number of nitrogens with zero attached hydrogens (tertiary/aromatic N) is 2. The lowest BCUT2D eigenvalue weighted by Gasteiger charge is -2.35. The number of piperidine rings is 1. The summed E-state index contributed by atoms with van der Waals surface area (Å²) in [4.78, 5) is 41.1. The number of carbonyl (C=O) groups is 3. The summed E-state index contributed by atoms with van der Waals surface area (Å²) < 4.78 is 0. The Kier molecular flexibility index (Phi) is 6.60. The van der Waals surface area contributed by atoms with Gasteiger partial charge >= 0.3 is 0 Å². The minimum absolute atomic E-state index is 0.0661. The average Bonchev–Trinajstić information content (AvgIpc) is 3.09. The quantitative estimate of drug-likeness (QED) is 0.826. The fourth-order valence-corrected chi connectivity index (χ4v) is 4.23. The Morgan fingerprint density at radius 3 is 2.34 bits per heavy atom. The van der Waals surface area contributed by atoms with Crippen molar-refractivity contribution < 1.29 is 14.4 Å². The van der Waals surface area contributed by atoms with Crippen molar-refractivity contribution in [3.8, 4) is 0 Å². The van der Waals surface area contributed by atoms with E-state index in [1.54, 1.807) is 0 Å². The predicted octanol–water partition coefficient (Wildman–Crippen LogP) is 2.37. The fourth-order valence-electron chi connectivity index (χ4n) is 4.23. The number of benzene rings is 1. The first-order valence-corrected chi connectivity index (χ1v) is 10.7. The molecule has 1 N–H and O–H groups in total. The highest BCUT2D eigenvalue weighted by molar-refractivity contribution is 5.89. The zero-order chi connectivity index (χ0) is 21.0. The summed E-state index contributed by atoms with van der Waals surface area (Å²) in [6, 6.07) is 10.1. The molecule has 3 rings (SSSR count). The standard InChI is InChI=1S/C23H33N3O3/c1-23(2,3)26-16-18(15-21(26)28)22(29)25-13-11-19(12-14-25)24-20(27)10-9-17-7-5-4-6-8-17/h4-8,18-19H,9-16H2,1-3H3,(H,24,27). The van der Waals surface area contributed by atoms with E-state index >= 15 is 0 Å². The molecule has 0 aromatic heterocycles. The second-order valence-corrected chi connectivity index (χ2v) is 9.23. The molecule has 1 atom stereocenters. The third-order valence-electron chi connectivity index (χ3n) is 5.94. The lowest BCUT2D eigenvalue weighted by molar-refractivity contribution is -0.137. The van der Waals surface area contributed by atoms with Crippen molar-refractivity contribution in [3.05, 3.63) is 35.9 Å². The minimum Gasteiger partial charge on any atom is -0.353 e. The van der Waals surface area contributed by atoms with Gasteiger partial charge in [0.25, 0.3) is 0 Å². The zero-order valence-corrected chi connectivity index (χ0v) is 17.8. The van der Waals surface area contributed by atoms with Gasteiger partial charge in [0.1, 0.15) is 0 Å². The Labute approximate surface area is 173 Å². The molecule has 6 heteroatoms. The number of aryl methyl sites for hydroxylation is 1. The summed E-state index contributed by atoms with van der Waals surface area (Å²) in [7, 11) is 0. The predicted molar refractivity (Wildman–Crippen MR) is 112 cm³/mol. The molecule has 0 bridgehead atoms. The van der Waals surface area contributed by atoms with Crippen LogP contribution in [0.1, 0.15) is 52.0 Å². The first-order valence-electron chi connectivity index (χ1n) is 10.7. The van der Waals surface area contributed by atoms with Crippen LogP contribution in [0, 0.1) is 5.92 Å². The van der Waals surface area contributed by atoms with Gasteiger partial charge in [0.05, 0.1) is 5.92 Å². The van der Waals surface area contributed by atoms with Crippen molar-refractivity contribution in [1.29, 1.82) is 0 Å². The van der Waals surface area contributed by atoms with Crippen molar-refractivity contribution >= 4 is 17.7 Å². The molecule has 1 aromatic carbocycles. The van der Waals surface area contributed by atoms with E-state index in [4.69, 9.17) is 0 Å². The third kappa shape index (κ3) is 5.58. The molecule has 2 heterocycles. The molecule has 2 fully saturated rings. The van der Waals surface area contributed by atoms with Gasteiger partial charge in [-0.05, 0) is 45.6 Å². The number of amides is 3. The Hall–Kier alpha value is -2.37. The van der Waals surface area contributed by atoms with Crippen LogP contribution in [0.4, 0.5) is 0 Å². The van der Waals surface area contributed by atoms with Crippen molar-refractivity contribution in [2.45, 2.75) is 64.5 Å². The van der Waals surface area contributed by atoms with E-state index in [1.165, 1.54) is 5.56 Å². The number of nitrogens with one attached hydrogen (secondary N) is 1. The van der Waals surface area contributed by atoms with Crippen LogP contribution in [0.15, 0.2) is 30.3 Å². The van der Waals surface area contributed by atoms with Gasteiger partial charge in [-0.25, -0.2) is 0 Å². The second kappa shape index (κ2) is 8.97. The summed E-state index contributed by atoms with van der Waals surface area (Å²) in [5.74, 6) is -0.0186. The van der Waals surface area contributed by atoms with Crippen LogP contribution < -0.4 is 5.32 Å². The first kappa shape index (κ1) is 21.3. The van der Waals surface area contributed by atoms with Crippen molar-refractivity contribution in [2.24, 2.45) is 5.92 Å². The number of hydrogen-bond donors (Lipinski definition) is 1.